The second-order valence-corrected chi connectivity index (χ2v) is 4.01. The molecule has 1 aliphatic rings. The molecule has 0 aromatic rings. The Balaban J connectivity index is 2.56. The molecule has 0 amide bonds. The van der Waals surface area contributed by atoms with Gasteiger partial charge in [-0.1, -0.05) is 15.9 Å². The number of ether oxygens (including phenoxy) is 1. The summed E-state index contributed by atoms with van der Waals surface area (Å²) in [7, 11) is 0. The Morgan fingerprint density at radius 1 is 1.75 bits per heavy atom. The third-order valence-corrected chi connectivity index (χ3v) is 1.88. The van der Waals surface area contributed by atoms with Gasteiger partial charge in [0.25, 0.3) is 0 Å². The molecule has 1 heterocycles. The summed E-state index contributed by atoms with van der Waals surface area (Å²) in [5.41, 5.74) is 0. The second-order valence-electron chi connectivity index (χ2n) is 2.20. The fourth-order valence-corrected chi connectivity index (χ4v) is 0.870. The zero-order chi connectivity index (χ0) is 6.04. The maximum absolute atomic E-state index is 4.99. The van der Waals surface area contributed by atoms with Crippen molar-refractivity contribution >= 4 is 15.9 Å². The van der Waals surface area contributed by atoms with Gasteiger partial charge in [0.1, 0.15) is 0 Å². The fourth-order valence-electron chi connectivity index (χ4n) is 0.600. The van der Waals surface area contributed by atoms with Gasteiger partial charge in [0.2, 0.25) is 0 Å². The second kappa shape index (κ2) is 2.09. The molecule has 0 saturated heterocycles. The Morgan fingerprint density at radius 2 is 2.50 bits per heavy atom. The van der Waals surface area contributed by atoms with E-state index in [1.807, 2.05) is 6.08 Å². The van der Waals surface area contributed by atoms with E-state index in [9.17, 15) is 0 Å². The standard InChI is InChI=1S/C6H9BrO/c1-6(7)2-4-8-5-3-6/h2,4H,3,5H2,1H3. The molecule has 0 N–H and O–H groups in total. The van der Waals surface area contributed by atoms with Crippen molar-refractivity contribution in [3.05, 3.63) is 12.3 Å². The first-order valence-electron chi connectivity index (χ1n) is 2.69. The van der Waals surface area contributed by atoms with Crippen LogP contribution in [0.3, 0.4) is 0 Å². The quantitative estimate of drug-likeness (QED) is 0.514. The number of hydrogen-bond donors (Lipinski definition) is 0. The van der Waals surface area contributed by atoms with Crippen molar-refractivity contribution in [2.24, 2.45) is 0 Å². The molecule has 2 heteroatoms. The van der Waals surface area contributed by atoms with E-state index in [-0.39, 0.29) is 4.32 Å². The van der Waals surface area contributed by atoms with Crippen molar-refractivity contribution in [1.82, 2.24) is 0 Å². The summed E-state index contributed by atoms with van der Waals surface area (Å²) >= 11 is 3.53. The Labute approximate surface area is 57.8 Å². The van der Waals surface area contributed by atoms with Gasteiger partial charge >= 0.3 is 0 Å². The third-order valence-electron chi connectivity index (χ3n) is 1.22. The number of hydrogen-bond acceptors (Lipinski definition) is 1. The zero-order valence-electron chi connectivity index (χ0n) is 4.86. The SMILES string of the molecule is CC1(Br)C=COCC1. The molecule has 1 atom stereocenters. The van der Waals surface area contributed by atoms with Crippen LogP contribution in [0.1, 0.15) is 13.3 Å². The van der Waals surface area contributed by atoms with E-state index in [0.29, 0.717) is 0 Å². The highest BCUT2D eigenvalue weighted by Gasteiger charge is 2.18. The Bertz CT molecular complexity index is 107. The Morgan fingerprint density at radius 3 is 2.75 bits per heavy atom. The van der Waals surface area contributed by atoms with Crippen molar-refractivity contribution < 1.29 is 4.74 Å². The molecule has 1 rings (SSSR count). The highest BCUT2D eigenvalue weighted by Crippen LogP contribution is 2.25. The zero-order valence-corrected chi connectivity index (χ0v) is 6.44. The van der Waals surface area contributed by atoms with Crippen LogP contribution in [0.5, 0.6) is 0 Å². The lowest BCUT2D eigenvalue weighted by Crippen LogP contribution is -2.17. The van der Waals surface area contributed by atoms with Gasteiger partial charge in [0, 0.05) is 10.7 Å². The van der Waals surface area contributed by atoms with E-state index >= 15 is 0 Å². The lowest BCUT2D eigenvalue weighted by Gasteiger charge is -2.20. The molecular weight excluding hydrogens is 168 g/mol. The highest BCUT2D eigenvalue weighted by atomic mass is 79.9. The first kappa shape index (κ1) is 6.14. The predicted molar refractivity (Wildman–Crippen MR) is 37.0 cm³/mol. The molecule has 1 unspecified atom stereocenters. The summed E-state index contributed by atoms with van der Waals surface area (Å²) in [6.07, 6.45) is 4.83. The summed E-state index contributed by atoms with van der Waals surface area (Å²) in [4.78, 5) is 0. The lowest BCUT2D eigenvalue weighted by atomic mass is 10.1. The van der Waals surface area contributed by atoms with E-state index < -0.39 is 0 Å². The van der Waals surface area contributed by atoms with Crippen LogP contribution >= 0.6 is 15.9 Å². The van der Waals surface area contributed by atoms with Crippen LogP contribution < -0.4 is 0 Å². The van der Waals surface area contributed by atoms with E-state index in [2.05, 4.69) is 22.9 Å². The number of rotatable bonds is 0. The van der Waals surface area contributed by atoms with E-state index in [1.54, 1.807) is 6.26 Å². The van der Waals surface area contributed by atoms with Gasteiger partial charge in [-0.25, -0.2) is 0 Å². The van der Waals surface area contributed by atoms with Gasteiger partial charge in [-0.15, -0.1) is 0 Å². The minimum Gasteiger partial charge on any atom is -0.501 e. The van der Waals surface area contributed by atoms with Gasteiger partial charge in [-0.2, -0.15) is 0 Å². The molecular formula is C6H9BrO. The maximum Gasteiger partial charge on any atom is 0.0889 e. The lowest BCUT2D eigenvalue weighted by molar-refractivity contribution is 0.221. The number of alkyl halides is 1. The molecule has 8 heavy (non-hydrogen) atoms. The Hall–Kier alpha value is 0.0200. The Kier molecular flexibility index (Phi) is 1.61. The summed E-state index contributed by atoms with van der Waals surface area (Å²) in [6, 6.07) is 0. The molecule has 46 valence electrons. The van der Waals surface area contributed by atoms with Crippen LogP contribution in [0.4, 0.5) is 0 Å². The summed E-state index contributed by atoms with van der Waals surface area (Å²) in [5, 5.41) is 0. The largest absolute Gasteiger partial charge is 0.501 e. The minimum atomic E-state index is 0.186. The van der Waals surface area contributed by atoms with E-state index in [4.69, 9.17) is 4.74 Å². The maximum atomic E-state index is 4.99. The van der Waals surface area contributed by atoms with Crippen LogP contribution in [0.2, 0.25) is 0 Å². The van der Waals surface area contributed by atoms with Crippen LogP contribution in [0.15, 0.2) is 12.3 Å². The minimum absolute atomic E-state index is 0.186. The molecule has 0 radical (unpaired) electrons. The van der Waals surface area contributed by atoms with Crippen molar-refractivity contribution in [2.75, 3.05) is 6.61 Å². The van der Waals surface area contributed by atoms with Gasteiger partial charge in [0.15, 0.2) is 0 Å². The van der Waals surface area contributed by atoms with Crippen molar-refractivity contribution in [3.63, 3.8) is 0 Å². The van der Waals surface area contributed by atoms with Gasteiger partial charge < -0.3 is 4.74 Å². The van der Waals surface area contributed by atoms with Crippen molar-refractivity contribution in [3.8, 4) is 0 Å². The number of halogens is 1. The molecule has 0 saturated carbocycles. The first-order valence-corrected chi connectivity index (χ1v) is 3.48. The molecule has 0 aromatic heterocycles. The van der Waals surface area contributed by atoms with Crippen molar-refractivity contribution in [2.45, 2.75) is 17.7 Å². The highest BCUT2D eigenvalue weighted by molar-refractivity contribution is 9.10. The van der Waals surface area contributed by atoms with Gasteiger partial charge in [-0.3, -0.25) is 0 Å². The molecule has 0 spiro atoms. The van der Waals surface area contributed by atoms with E-state index in [1.165, 1.54) is 0 Å². The molecule has 1 nitrogen and oxygen atoms in total. The first-order chi connectivity index (χ1) is 3.71. The predicted octanol–water partition coefficient (Wildman–Crippen LogP) is 2.07. The molecule has 0 aromatic carbocycles. The number of allylic oxidation sites excluding steroid dienone is 1. The monoisotopic (exact) mass is 176 g/mol. The van der Waals surface area contributed by atoms with E-state index in [0.717, 1.165) is 13.0 Å². The van der Waals surface area contributed by atoms with Crippen LogP contribution in [-0.2, 0) is 4.74 Å². The third kappa shape index (κ3) is 1.51. The molecule has 0 fully saturated rings. The fraction of sp³-hybridized carbons (Fsp3) is 0.667. The van der Waals surface area contributed by atoms with Crippen LogP contribution in [-0.4, -0.2) is 10.9 Å². The van der Waals surface area contributed by atoms with Gasteiger partial charge in [-0.05, 0) is 13.0 Å². The summed E-state index contributed by atoms with van der Waals surface area (Å²) in [5.74, 6) is 0. The summed E-state index contributed by atoms with van der Waals surface area (Å²) in [6.45, 7) is 2.96. The van der Waals surface area contributed by atoms with Crippen molar-refractivity contribution in [1.29, 1.82) is 0 Å². The average molecular weight is 177 g/mol. The normalized spacial score (nSPS) is 36.8. The van der Waals surface area contributed by atoms with Gasteiger partial charge in [0.05, 0.1) is 12.9 Å². The topological polar surface area (TPSA) is 9.23 Å². The molecule has 0 bridgehead atoms. The smallest absolute Gasteiger partial charge is 0.0889 e. The van der Waals surface area contributed by atoms with Crippen LogP contribution in [0.25, 0.3) is 0 Å². The molecule has 0 aliphatic carbocycles. The average Bonchev–Trinajstić information content (AvgIpc) is 1.65. The summed E-state index contributed by atoms with van der Waals surface area (Å²) < 4.78 is 5.18. The van der Waals surface area contributed by atoms with Crippen LogP contribution in [0, 0.1) is 0 Å². The molecule has 1 aliphatic heterocycles.